The molecule has 9 heteroatoms. The minimum Gasteiger partial charge on any atom is -0.447 e. The molecule has 2 aromatic rings. The zero-order valence-corrected chi connectivity index (χ0v) is 17.6. The summed E-state index contributed by atoms with van der Waals surface area (Å²) in [6.45, 7) is 1.59. The van der Waals surface area contributed by atoms with E-state index < -0.39 is 24.6 Å². The summed E-state index contributed by atoms with van der Waals surface area (Å²) in [5.41, 5.74) is 3.22. The maximum Gasteiger partial charge on any atom is 0.411 e. The minimum atomic E-state index is -2.03. The molecular formula is C22H28N2O7. The van der Waals surface area contributed by atoms with E-state index in [1.54, 1.807) is 31.2 Å². The highest BCUT2D eigenvalue weighted by Crippen LogP contribution is 2.16. The number of hydrogen-bond donors (Lipinski definition) is 4. The summed E-state index contributed by atoms with van der Waals surface area (Å²) in [6, 6.07) is 14.6. The van der Waals surface area contributed by atoms with Crippen LogP contribution in [-0.4, -0.2) is 55.1 Å². The van der Waals surface area contributed by atoms with Gasteiger partial charge in [-0.25, -0.2) is 9.59 Å². The van der Waals surface area contributed by atoms with E-state index in [1.165, 1.54) is 7.11 Å². The fourth-order valence-electron chi connectivity index (χ4n) is 2.46. The molecule has 0 heterocycles. The van der Waals surface area contributed by atoms with Gasteiger partial charge in [-0.1, -0.05) is 31.2 Å². The van der Waals surface area contributed by atoms with Gasteiger partial charge in [0.15, 0.2) is 5.79 Å². The summed E-state index contributed by atoms with van der Waals surface area (Å²) in [4.78, 5) is 23.4. The van der Waals surface area contributed by atoms with Crippen molar-refractivity contribution >= 4 is 23.6 Å². The third kappa shape index (κ3) is 9.04. The predicted octanol–water partition coefficient (Wildman–Crippen LogP) is 3.11. The fourth-order valence-corrected chi connectivity index (χ4v) is 2.46. The topological polar surface area (TPSA) is 126 Å². The summed E-state index contributed by atoms with van der Waals surface area (Å²) >= 11 is 0. The normalized spacial score (nSPS) is 11.0. The Bertz CT molecular complexity index is 836. The summed E-state index contributed by atoms with van der Waals surface area (Å²) in [6.07, 6.45) is -0.593. The van der Waals surface area contributed by atoms with Crippen LogP contribution in [0.5, 0.6) is 0 Å². The number of amides is 2. The van der Waals surface area contributed by atoms with Crippen LogP contribution in [0.3, 0.4) is 0 Å². The standard InChI is InChI=1S/C22H28N2O7/c1-3-22(27,28)15-31-21(26)24-19-10-6-17(7-11-19)14-16-4-8-18(9-5-16)23-20(25)30-13-12-29-2/h4-11,27-28H,3,12-15H2,1-2H3,(H,23,25)(H,24,26). The Morgan fingerprint density at radius 2 is 1.32 bits per heavy atom. The van der Waals surface area contributed by atoms with Gasteiger partial charge in [-0.15, -0.1) is 0 Å². The molecule has 0 unspecified atom stereocenters. The van der Waals surface area contributed by atoms with Crippen molar-refractivity contribution in [3.8, 4) is 0 Å². The van der Waals surface area contributed by atoms with Crippen LogP contribution < -0.4 is 10.6 Å². The molecule has 0 aromatic heterocycles. The highest BCUT2D eigenvalue weighted by molar-refractivity contribution is 5.85. The van der Waals surface area contributed by atoms with Crippen LogP contribution in [0, 0.1) is 0 Å². The lowest BCUT2D eigenvalue weighted by atomic mass is 10.0. The summed E-state index contributed by atoms with van der Waals surface area (Å²) in [5.74, 6) is -2.03. The molecule has 0 bridgehead atoms. The molecule has 0 radical (unpaired) electrons. The molecule has 2 amide bonds. The number of hydrogen-bond acceptors (Lipinski definition) is 7. The molecule has 31 heavy (non-hydrogen) atoms. The SMILES string of the molecule is CCC(O)(O)COC(=O)Nc1ccc(Cc2ccc(NC(=O)OCCOC)cc2)cc1. The first-order chi connectivity index (χ1) is 14.8. The van der Waals surface area contributed by atoms with E-state index in [0.717, 1.165) is 11.1 Å². The Kier molecular flexibility index (Phi) is 9.26. The van der Waals surface area contributed by atoms with E-state index in [1.807, 2.05) is 24.3 Å². The Morgan fingerprint density at radius 1 is 0.839 bits per heavy atom. The number of rotatable bonds is 10. The molecule has 2 rings (SSSR count). The highest BCUT2D eigenvalue weighted by Gasteiger charge is 2.22. The van der Waals surface area contributed by atoms with Crippen LogP contribution in [0.2, 0.25) is 0 Å². The first-order valence-corrected chi connectivity index (χ1v) is 9.80. The van der Waals surface area contributed by atoms with Crippen molar-refractivity contribution in [2.24, 2.45) is 0 Å². The average molecular weight is 432 g/mol. The third-order valence-corrected chi connectivity index (χ3v) is 4.33. The van der Waals surface area contributed by atoms with Gasteiger partial charge in [0.1, 0.15) is 13.2 Å². The number of methoxy groups -OCH3 is 1. The van der Waals surface area contributed by atoms with Crippen molar-refractivity contribution in [2.45, 2.75) is 25.6 Å². The summed E-state index contributed by atoms with van der Waals surface area (Å²) < 4.78 is 14.6. The number of ether oxygens (including phenoxy) is 3. The van der Waals surface area contributed by atoms with E-state index in [-0.39, 0.29) is 13.0 Å². The monoisotopic (exact) mass is 432 g/mol. The number of benzene rings is 2. The number of aliphatic hydroxyl groups is 2. The fraction of sp³-hybridized carbons (Fsp3) is 0.364. The smallest absolute Gasteiger partial charge is 0.411 e. The predicted molar refractivity (Wildman–Crippen MR) is 115 cm³/mol. The van der Waals surface area contributed by atoms with Gasteiger partial charge in [-0.2, -0.15) is 0 Å². The maximum atomic E-state index is 11.7. The van der Waals surface area contributed by atoms with Gasteiger partial charge in [-0.3, -0.25) is 10.6 Å². The van der Waals surface area contributed by atoms with Crippen molar-refractivity contribution in [3.63, 3.8) is 0 Å². The Morgan fingerprint density at radius 3 is 1.77 bits per heavy atom. The summed E-state index contributed by atoms with van der Waals surface area (Å²) in [7, 11) is 1.53. The molecule has 0 fully saturated rings. The van der Waals surface area contributed by atoms with Gasteiger partial charge in [0.2, 0.25) is 0 Å². The Balaban J connectivity index is 1.82. The molecule has 0 saturated heterocycles. The van der Waals surface area contributed by atoms with E-state index in [2.05, 4.69) is 10.6 Å². The summed E-state index contributed by atoms with van der Waals surface area (Å²) in [5, 5.41) is 24.0. The molecule has 0 aliphatic rings. The van der Waals surface area contributed by atoms with Crippen molar-refractivity contribution in [3.05, 3.63) is 59.7 Å². The van der Waals surface area contributed by atoms with Crippen LogP contribution in [0.15, 0.2) is 48.5 Å². The van der Waals surface area contributed by atoms with E-state index in [4.69, 9.17) is 14.2 Å². The lowest BCUT2D eigenvalue weighted by Crippen LogP contribution is -2.35. The van der Waals surface area contributed by atoms with Crippen molar-refractivity contribution < 1.29 is 34.0 Å². The molecule has 0 saturated carbocycles. The van der Waals surface area contributed by atoms with Crippen molar-refractivity contribution in [1.82, 2.24) is 0 Å². The number of nitrogens with one attached hydrogen (secondary N) is 2. The van der Waals surface area contributed by atoms with Crippen molar-refractivity contribution in [2.75, 3.05) is 37.6 Å². The van der Waals surface area contributed by atoms with Crippen LogP contribution in [-0.2, 0) is 20.6 Å². The average Bonchev–Trinajstić information content (AvgIpc) is 2.75. The Hall–Kier alpha value is -3.14. The second-order valence-electron chi connectivity index (χ2n) is 6.86. The second-order valence-corrected chi connectivity index (χ2v) is 6.86. The lowest BCUT2D eigenvalue weighted by Gasteiger charge is -2.19. The molecule has 0 spiro atoms. The first-order valence-electron chi connectivity index (χ1n) is 9.80. The molecule has 9 nitrogen and oxygen atoms in total. The highest BCUT2D eigenvalue weighted by atomic mass is 16.6. The zero-order valence-electron chi connectivity index (χ0n) is 17.6. The molecule has 2 aromatic carbocycles. The zero-order chi connectivity index (χ0) is 22.7. The number of carbonyl (C=O) groups excluding carboxylic acids is 2. The quantitative estimate of drug-likeness (QED) is 0.336. The molecular weight excluding hydrogens is 404 g/mol. The van der Waals surface area contributed by atoms with Crippen LogP contribution in [0.1, 0.15) is 24.5 Å². The van der Waals surface area contributed by atoms with E-state index in [0.29, 0.717) is 24.4 Å². The molecule has 0 aliphatic carbocycles. The largest absolute Gasteiger partial charge is 0.447 e. The van der Waals surface area contributed by atoms with Gasteiger partial charge in [-0.05, 0) is 41.8 Å². The maximum absolute atomic E-state index is 11.7. The first kappa shape index (κ1) is 24.1. The van der Waals surface area contributed by atoms with E-state index >= 15 is 0 Å². The second kappa shape index (κ2) is 11.9. The Labute approximate surface area is 180 Å². The molecule has 4 N–H and O–H groups in total. The number of anilines is 2. The van der Waals surface area contributed by atoms with Gasteiger partial charge in [0.25, 0.3) is 0 Å². The molecule has 0 aliphatic heterocycles. The number of carbonyl (C=O) groups is 2. The molecule has 168 valence electrons. The van der Waals surface area contributed by atoms with Gasteiger partial charge >= 0.3 is 12.2 Å². The third-order valence-electron chi connectivity index (χ3n) is 4.33. The van der Waals surface area contributed by atoms with Gasteiger partial charge in [0, 0.05) is 24.9 Å². The van der Waals surface area contributed by atoms with Crippen molar-refractivity contribution in [1.29, 1.82) is 0 Å². The van der Waals surface area contributed by atoms with Crippen LogP contribution >= 0.6 is 0 Å². The molecule has 0 atom stereocenters. The van der Waals surface area contributed by atoms with Gasteiger partial charge < -0.3 is 24.4 Å². The van der Waals surface area contributed by atoms with Crippen LogP contribution in [0.25, 0.3) is 0 Å². The van der Waals surface area contributed by atoms with Gasteiger partial charge in [0.05, 0.1) is 6.61 Å². The lowest BCUT2D eigenvalue weighted by molar-refractivity contribution is -0.186. The van der Waals surface area contributed by atoms with E-state index in [9.17, 15) is 19.8 Å². The van der Waals surface area contributed by atoms with Crippen LogP contribution in [0.4, 0.5) is 21.0 Å². The minimum absolute atomic E-state index is 0.0461.